The van der Waals surface area contributed by atoms with Crippen LogP contribution in [0.5, 0.6) is 0 Å². The molecule has 0 spiro atoms. The zero-order valence-corrected chi connectivity index (χ0v) is 14.0. The summed E-state index contributed by atoms with van der Waals surface area (Å²) in [4.78, 5) is 0.233. The second-order valence-electron chi connectivity index (χ2n) is 5.47. The van der Waals surface area contributed by atoms with Crippen molar-refractivity contribution in [3.05, 3.63) is 28.3 Å². The molecule has 0 unspecified atom stereocenters. The van der Waals surface area contributed by atoms with Crippen LogP contribution in [0.2, 0.25) is 5.02 Å². The first-order valence-corrected chi connectivity index (χ1v) is 8.72. The summed E-state index contributed by atoms with van der Waals surface area (Å²) in [5.41, 5.74) is 7.07. The van der Waals surface area contributed by atoms with Crippen LogP contribution in [0.1, 0.15) is 25.0 Å². The highest BCUT2D eigenvalue weighted by molar-refractivity contribution is 7.89. The molecule has 0 aromatic heterocycles. The number of ether oxygens (including phenoxy) is 1. The minimum Gasteiger partial charge on any atom is -0.373 e. The fraction of sp³-hybridized carbons (Fsp3) is 0.571. The van der Waals surface area contributed by atoms with Gasteiger partial charge in [-0.05, 0) is 44.0 Å². The van der Waals surface area contributed by atoms with Gasteiger partial charge >= 0.3 is 0 Å². The summed E-state index contributed by atoms with van der Waals surface area (Å²) in [6, 6.07) is 3.21. The van der Waals surface area contributed by atoms with Gasteiger partial charge in [0.05, 0.1) is 17.1 Å². The molecular weight excluding hydrogens is 312 g/mol. The van der Waals surface area contributed by atoms with Crippen LogP contribution in [-0.4, -0.2) is 38.0 Å². The highest BCUT2D eigenvalue weighted by Crippen LogP contribution is 2.28. The van der Waals surface area contributed by atoms with Gasteiger partial charge in [-0.3, -0.25) is 0 Å². The summed E-state index contributed by atoms with van der Waals surface area (Å²) < 4.78 is 32.8. The monoisotopic (exact) mass is 332 g/mol. The van der Waals surface area contributed by atoms with Crippen molar-refractivity contribution in [2.24, 2.45) is 5.73 Å². The van der Waals surface area contributed by atoms with Crippen LogP contribution < -0.4 is 5.73 Å². The zero-order valence-electron chi connectivity index (χ0n) is 12.5. The van der Waals surface area contributed by atoms with Crippen molar-refractivity contribution in [2.75, 3.05) is 13.1 Å². The van der Waals surface area contributed by atoms with Crippen LogP contribution in [0.3, 0.4) is 0 Å². The molecule has 1 saturated heterocycles. The Balaban J connectivity index is 2.47. The fourth-order valence-electron chi connectivity index (χ4n) is 2.65. The van der Waals surface area contributed by atoms with Crippen molar-refractivity contribution in [3.63, 3.8) is 0 Å². The van der Waals surface area contributed by atoms with Crippen LogP contribution >= 0.6 is 11.6 Å². The van der Waals surface area contributed by atoms with E-state index in [1.807, 2.05) is 13.8 Å². The van der Waals surface area contributed by atoms with E-state index < -0.39 is 10.0 Å². The Hall–Kier alpha value is -0.660. The van der Waals surface area contributed by atoms with Gasteiger partial charge in [0.25, 0.3) is 0 Å². The maximum absolute atomic E-state index is 12.9. The van der Waals surface area contributed by atoms with Crippen molar-refractivity contribution in [1.82, 2.24) is 4.31 Å². The molecule has 5 nitrogen and oxygen atoms in total. The summed E-state index contributed by atoms with van der Waals surface area (Å²) in [5, 5.41) is 0.383. The van der Waals surface area contributed by atoms with E-state index in [0.29, 0.717) is 23.7 Å². The third kappa shape index (κ3) is 3.40. The minimum atomic E-state index is -3.60. The SMILES string of the molecule is Cc1c(CN)cc(Cl)cc1S(=O)(=O)N1C[C@@H](C)O[C@@H](C)C1. The lowest BCUT2D eigenvalue weighted by Crippen LogP contribution is -2.48. The average Bonchev–Trinajstić information content (AvgIpc) is 2.39. The first-order valence-electron chi connectivity index (χ1n) is 6.90. The van der Waals surface area contributed by atoms with E-state index >= 15 is 0 Å². The molecule has 1 aromatic rings. The van der Waals surface area contributed by atoms with Gasteiger partial charge in [-0.25, -0.2) is 8.42 Å². The molecule has 2 atom stereocenters. The molecule has 0 amide bonds. The van der Waals surface area contributed by atoms with Gasteiger partial charge in [0.2, 0.25) is 10.0 Å². The number of halogens is 1. The zero-order chi connectivity index (χ0) is 15.8. The predicted octanol–water partition coefficient (Wildman–Crippen LogP) is 1.91. The smallest absolute Gasteiger partial charge is 0.243 e. The molecule has 0 bridgehead atoms. The molecule has 7 heteroatoms. The van der Waals surface area contributed by atoms with E-state index in [4.69, 9.17) is 22.1 Å². The highest BCUT2D eigenvalue weighted by atomic mass is 35.5. The van der Waals surface area contributed by atoms with Gasteiger partial charge in [-0.1, -0.05) is 11.6 Å². The number of morpholine rings is 1. The number of nitrogens with zero attached hydrogens (tertiary/aromatic N) is 1. The Morgan fingerprint density at radius 2 is 1.90 bits per heavy atom. The summed E-state index contributed by atoms with van der Waals surface area (Å²) in [5.74, 6) is 0. The van der Waals surface area contributed by atoms with E-state index in [-0.39, 0.29) is 23.6 Å². The van der Waals surface area contributed by atoms with Crippen LogP contribution in [0.25, 0.3) is 0 Å². The Morgan fingerprint density at radius 1 is 1.33 bits per heavy atom. The molecule has 118 valence electrons. The van der Waals surface area contributed by atoms with Gasteiger partial charge in [-0.2, -0.15) is 4.31 Å². The Morgan fingerprint density at radius 3 is 2.43 bits per heavy atom. The molecule has 1 aliphatic rings. The first kappa shape index (κ1) is 16.7. The van der Waals surface area contributed by atoms with Gasteiger partial charge in [-0.15, -0.1) is 0 Å². The lowest BCUT2D eigenvalue weighted by atomic mass is 10.1. The average molecular weight is 333 g/mol. The fourth-order valence-corrected chi connectivity index (χ4v) is 4.84. The quantitative estimate of drug-likeness (QED) is 0.917. The minimum absolute atomic E-state index is 0.128. The van der Waals surface area contributed by atoms with Crippen molar-refractivity contribution in [2.45, 2.75) is 44.4 Å². The van der Waals surface area contributed by atoms with Gasteiger partial charge in [0.1, 0.15) is 0 Å². The number of hydrogen-bond donors (Lipinski definition) is 1. The third-order valence-corrected chi connectivity index (χ3v) is 5.83. The van der Waals surface area contributed by atoms with Crippen molar-refractivity contribution < 1.29 is 13.2 Å². The molecule has 1 aliphatic heterocycles. The molecular formula is C14H21ClN2O3S. The largest absolute Gasteiger partial charge is 0.373 e. The maximum atomic E-state index is 12.9. The lowest BCUT2D eigenvalue weighted by Gasteiger charge is -2.34. The second-order valence-corrected chi connectivity index (χ2v) is 7.81. The Labute approximate surface area is 131 Å². The summed E-state index contributed by atoms with van der Waals surface area (Å²) >= 11 is 6.04. The van der Waals surface area contributed by atoms with Gasteiger partial charge in [0, 0.05) is 24.7 Å². The molecule has 0 radical (unpaired) electrons. The van der Waals surface area contributed by atoms with Crippen LogP contribution in [0.15, 0.2) is 17.0 Å². The lowest BCUT2D eigenvalue weighted by molar-refractivity contribution is -0.0440. The molecule has 2 N–H and O–H groups in total. The molecule has 1 heterocycles. The predicted molar refractivity (Wildman–Crippen MR) is 82.8 cm³/mol. The number of hydrogen-bond acceptors (Lipinski definition) is 4. The van der Waals surface area contributed by atoms with Crippen molar-refractivity contribution >= 4 is 21.6 Å². The number of benzene rings is 1. The Kier molecular flexibility index (Phi) is 4.95. The van der Waals surface area contributed by atoms with E-state index in [0.717, 1.165) is 5.56 Å². The van der Waals surface area contributed by atoms with Crippen molar-refractivity contribution in [1.29, 1.82) is 0 Å². The third-order valence-electron chi connectivity index (χ3n) is 3.66. The van der Waals surface area contributed by atoms with Gasteiger partial charge < -0.3 is 10.5 Å². The topological polar surface area (TPSA) is 72.6 Å². The summed E-state index contributed by atoms with van der Waals surface area (Å²) in [7, 11) is -3.60. The summed E-state index contributed by atoms with van der Waals surface area (Å²) in [6.45, 7) is 6.44. The van der Waals surface area contributed by atoms with E-state index in [9.17, 15) is 8.42 Å². The number of sulfonamides is 1. The Bertz CT molecular complexity index is 623. The molecule has 1 aromatic carbocycles. The van der Waals surface area contributed by atoms with Crippen molar-refractivity contribution in [3.8, 4) is 0 Å². The van der Waals surface area contributed by atoms with Crippen LogP contribution in [-0.2, 0) is 21.3 Å². The van der Waals surface area contributed by atoms with Crippen LogP contribution in [0, 0.1) is 6.92 Å². The molecule has 0 saturated carbocycles. The molecule has 1 fully saturated rings. The van der Waals surface area contributed by atoms with Crippen LogP contribution in [0.4, 0.5) is 0 Å². The maximum Gasteiger partial charge on any atom is 0.243 e. The molecule has 0 aliphatic carbocycles. The highest BCUT2D eigenvalue weighted by Gasteiger charge is 2.33. The second kappa shape index (κ2) is 6.22. The van der Waals surface area contributed by atoms with E-state index in [1.165, 1.54) is 10.4 Å². The molecule has 2 rings (SSSR count). The number of rotatable bonds is 3. The molecule has 21 heavy (non-hydrogen) atoms. The van der Waals surface area contributed by atoms with Gasteiger partial charge in [0.15, 0.2) is 0 Å². The summed E-state index contributed by atoms with van der Waals surface area (Å²) in [6.07, 6.45) is -0.256. The number of nitrogens with two attached hydrogens (primary N) is 1. The first-order chi connectivity index (χ1) is 9.75. The van der Waals surface area contributed by atoms with E-state index in [2.05, 4.69) is 0 Å². The normalized spacial score (nSPS) is 24.2. The standard InChI is InChI=1S/C14H21ClN2O3S/c1-9-7-17(8-10(2)20-9)21(18,19)14-5-13(15)4-12(6-16)11(14)3/h4-5,9-10H,6-8,16H2,1-3H3/t9-,10+. The van der Waals surface area contributed by atoms with E-state index in [1.54, 1.807) is 13.0 Å².